The van der Waals surface area contributed by atoms with Gasteiger partial charge in [0, 0.05) is 0 Å². The molecule has 4 unspecified atom stereocenters. The van der Waals surface area contributed by atoms with Gasteiger partial charge in [0.1, 0.15) is 0 Å². The zero-order valence-electron chi connectivity index (χ0n) is 15.7. The number of phosphoric ester groups is 1. The molecule has 1 aliphatic heterocycles. The van der Waals surface area contributed by atoms with Crippen LogP contribution in [-0.4, -0.2) is 18.8 Å². The molecule has 2 saturated carbocycles. The van der Waals surface area contributed by atoms with Gasteiger partial charge in [-0.2, -0.15) is 0 Å². The largest absolute Gasteiger partial charge is 0.790 e. The lowest BCUT2D eigenvalue weighted by Crippen LogP contribution is -2.42. The van der Waals surface area contributed by atoms with Gasteiger partial charge in [0.15, 0.2) is 0 Å². The van der Waals surface area contributed by atoms with Crippen LogP contribution in [0.1, 0.15) is 45.4 Å². The summed E-state index contributed by atoms with van der Waals surface area (Å²) in [7, 11) is -17.4. The fraction of sp³-hybridized carbons (Fsp3) is 1.00. The third-order valence-corrected chi connectivity index (χ3v) is 9.67. The van der Waals surface area contributed by atoms with Gasteiger partial charge in [0.2, 0.25) is 0 Å². The van der Waals surface area contributed by atoms with Gasteiger partial charge < -0.3 is 33.4 Å². The van der Waals surface area contributed by atoms with E-state index in [0.717, 1.165) is 18.8 Å². The Hall–Kier alpha value is 0.300. The molecule has 0 N–H and O–H groups in total. The van der Waals surface area contributed by atoms with Gasteiger partial charge in [-0.3, -0.25) is 18.1 Å². The van der Waals surface area contributed by atoms with Gasteiger partial charge in [-0.15, -0.1) is 0 Å². The van der Waals surface area contributed by atoms with Crippen LogP contribution in [0.15, 0.2) is 0 Å². The maximum absolute atomic E-state index is 11.6. The summed E-state index contributed by atoms with van der Waals surface area (Å²) in [5, 5.41) is 0. The third-order valence-electron chi connectivity index (χ3n) is 6.00. The Morgan fingerprint density at radius 3 is 2.03 bits per heavy atom. The van der Waals surface area contributed by atoms with Crippen molar-refractivity contribution in [1.29, 1.82) is 0 Å². The molecule has 11 nitrogen and oxygen atoms in total. The van der Waals surface area contributed by atoms with E-state index in [9.17, 15) is 33.3 Å². The molecule has 2 aliphatic carbocycles. The van der Waals surface area contributed by atoms with E-state index in [1.807, 2.05) is 6.92 Å². The number of hydrogen-bond donors (Lipinski definition) is 0. The Balaban J connectivity index is 0.00000300. The summed E-state index contributed by atoms with van der Waals surface area (Å²) in [6, 6.07) is 0. The number of phosphoric acid groups is 3. The van der Waals surface area contributed by atoms with Crippen molar-refractivity contribution >= 4 is 23.5 Å². The second-order valence-electron chi connectivity index (χ2n) is 7.82. The Morgan fingerprint density at radius 1 is 0.931 bits per heavy atom. The molecule has 0 radical (unpaired) electrons. The first-order valence-electron chi connectivity index (χ1n) is 9.22. The van der Waals surface area contributed by atoms with E-state index in [1.165, 1.54) is 25.7 Å². The second kappa shape index (κ2) is 9.43. The smallest absolute Gasteiger partial charge is 0.278 e. The minimum absolute atomic E-state index is 0. The predicted octanol–water partition coefficient (Wildman–Crippen LogP) is 0.574. The Kier molecular flexibility index (Phi) is 8.31. The summed E-state index contributed by atoms with van der Waals surface area (Å²) in [6.45, 7) is 1.40. The van der Waals surface area contributed by atoms with Gasteiger partial charge in [-0.1, -0.05) is 26.2 Å². The van der Waals surface area contributed by atoms with E-state index in [4.69, 9.17) is 4.74 Å². The first-order chi connectivity index (χ1) is 12.9. The van der Waals surface area contributed by atoms with Crippen LogP contribution in [0, 0.1) is 23.7 Å². The molecule has 29 heavy (non-hydrogen) atoms. The summed E-state index contributed by atoms with van der Waals surface area (Å²) in [5.74, 6) is 1.85. The van der Waals surface area contributed by atoms with Gasteiger partial charge >= 0.3 is 0 Å². The van der Waals surface area contributed by atoms with Crippen molar-refractivity contribution < 1.29 is 55.9 Å². The SMILES string of the molecule is CC1C[C@H](C2CC[C@H]2C2CCC2)O[C@@H]1COP(=O)([O-])OP(=O)([O-])OP(=O)([O-])[O-].F. The molecule has 3 aliphatic rings. The van der Waals surface area contributed by atoms with Gasteiger partial charge in [-0.25, -0.2) is 4.31 Å². The van der Waals surface area contributed by atoms with Gasteiger partial charge in [0.05, 0.1) is 26.6 Å². The molecule has 0 bridgehead atoms. The fourth-order valence-corrected chi connectivity index (χ4v) is 7.19. The Morgan fingerprint density at radius 2 is 1.55 bits per heavy atom. The van der Waals surface area contributed by atoms with E-state index in [1.54, 1.807) is 0 Å². The summed E-state index contributed by atoms with van der Waals surface area (Å²) in [5.41, 5.74) is 0. The van der Waals surface area contributed by atoms with Crippen molar-refractivity contribution in [3.8, 4) is 0 Å². The second-order valence-corrected chi connectivity index (χ2v) is 12.1. The maximum Gasteiger partial charge on any atom is 0.278 e. The highest BCUT2D eigenvalue weighted by Gasteiger charge is 2.47. The monoisotopic (exact) mass is 480 g/mol. The molecule has 1 saturated heterocycles. The lowest BCUT2D eigenvalue weighted by Gasteiger charge is -2.48. The molecule has 3 rings (SSSR count). The van der Waals surface area contributed by atoms with Crippen LogP contribution >= 0.6 is 23.5 Å². The van der Waals surface area contributed by atoms with Crippen LogP contribution in [-0.2, 0) is 31.6 Å². The minimum Gasteiger partial charge on any atom is -0.790 e. The lowest BCUT2D eigenvalue weighted by atomic mass is 9.59. The van der Waals surface area contributed by atoms with Crippen LogP contribution in [0.2, 0.25) is 0 Å². The van der Waals surface area contributed by atoms with Crippen molar-refractivity contribution in [2.24, 2.45) is 23.7 Å². The fourth-order valence-electron chi connectivity index (χ4n) is 4.33. The number of rotatable bonds is 9. The van der Waals surface area contributed by atoms with E-state index in [0.29, 0.717) is 11.8 Å². The summed E-state index contributed by atoms with van der Waals surface area (Å²) < 4.78 is 50.4. The molecule has 0 aromatic rings. The first kappa shape index (κ1) is 25.6. The Labute approximate surface area is 167 Å². The first-order valence-corrected chi connectivity index (χ1v) is 13.6. The van der Waals surface area contributed by atoms with Crippen LogP contribution in [0.5, 0.6) is 0 Å². The third kappa shape index (κ3) is 6.89. The average Bonchev–Trinajstić information content (AvgIpc) is 2.75. The maximum atomic E-state index is 11.6. The molecule has 0 spiro atoms. The van der Waals surface area contributed by atoms with Crippen molar-refractivity contribution in [1.82, 2.24) is 0 Å². The van der Waals surface area contributed by atoms with Gasteiger partial charge in [-0.05, 0) is 42.9 Å². The highest BCUT2D eigenvalue weighted by molar-refractivity contribution is 7.64. The summed E-state index contributed by atoms with van der Waals surface area (Å²) >= 11 is 0. The van der Waals surface area contributed by atoms with Crippen LogP contribution < -0.4 is 19.6 Å². The topological polar surface area (TPSA) is 180 Å². The lowest BCUT2D eigenvalue weighted by molar-refractivity contribution is -0.339. The van der Waals surface area contributed by atoms with Crippen molar-refractivity contribution in [3.63, 3.8) is 0 Å². The number of ether oxygens (including phenoxy) is 1. The van der Waals surface area contributed by atoms with Crippen LogP contribution in [0.3, 0.4) is 0 Å². The van der Waals surface area contributed by atoms with Gasteiger partial charge in [0.25, 0.3) is 15.6 Å². The molecule has 172 valence electrons. The van der Waals surface area contributed by atoms with Crippen molar-refractivity contribution in [2.45, 2.75) is 57.7 Å². The minimum atomic E-state index is -5.99. The zero-order chi connectivity index (χ0) is 20.7. The Bertz CT molecular complexity index is 711. The van der Waals surface area contributed by atoms with E-state index >= 15 is 0 Å². The van der Waals surface area contributed by atoms with E-state index in [-0.39, 0.29) is 16.7 Å². The molecule has 1 heterocycles. The quantitative estimate of drug-likeness (QED) is 0.421. The number of halogens is 1. The number of hydrogen-bond acceptors (Lipinski definition) is 11. The highest BCUT2D eigenvalue weighted by atomic mass is 31.3. The van der Waals surface area contributed by atoms with E-state index in [2.05, 4.69) is 13.1 Å². The summed E-state index contributed by atoms with van der Waals surface area (Å²) in [4.78, 5) is 43.5. The molecular formula is C14H24FO11P3-4. The predicted molar refractivity (Wildman–Crippen MR) is 89.4 cm³/mol. The molecule has 3 fully saturated rings. The van der Waals surface area contributed by atoms with Crippen molar-refractivity contribution in [2.75, 3.05) is 6.61 Å². The molecule has 0 aromatic carbocycles. The summed E-state index contributed by atoms with van der Waals surface area (Å²) in [6.07, 6.45) is 6.24. The zero-order valence-corrected chi connectivity index (χ0v) is 18.3. The standard InChI is InChI=1S/C14H27O11P3.FH/c1-9-7-13(12-6-5-11(12)10-3-2-4-10)23-14(9)8-22-27(18,19)25-28(20,21)24-26(15,16)17;/h9-14H,2-8H2,1H3,(H,18,19)(H,20,21)(H2,15,16,17);1H/p-4/t9?,11-,12?,13+,14+;/m0./s1. The van der Waals surface area contributed by atoms with Crippen LogP contribution in [0.4, 0.5) is 4.70 Å². The van der Waals surface area contributed by atoms with Crippen molar-refractivity contribution in [3.05, 3.63) is 0 Å². The molecule has 15 heteroatoms. The normalized spacial score (nSPS) is 36.9. The molecular weight excluding hydrogens is 456 g/mol. The molecule has 0 aromatic heterocycles. The molecule has 7 atom stereocenters. The highest BCUT2D eigenvalue weighted by Crippen LogP contribution is 2.60. The van der Waals surface area contributed by atoms with E-state index < -0.39 is 36.2 Å². The van der Waals surface area contributed by atoms with Crippen LogP contribution in [0.25, 0.3) is 0 Å². The molecule has 0 amide bonds. The average molecular weight is 480 g/mol.